The molecule has 1 nitrogen and oxygen atoms in total. The Bertz CT molecular complexity index is 164. The molecule has 0 radical (unpaired) electrons. The Labute approximate surface area is 69.3 Å². The molecule has 2 N–H and O–H groups in total. The fraction of sp³-hybridized carbons (Fsp3) is 0.400. The summed E-state index contributed by atoms with van der Waals surface area (Å²) in [6.45, 7) is 4.78. The van der Waals surface area contributed by atoms with E-state index in [2.05, 4.69) is 13.0 Å². The average molecular weight is 151 g/mol. The molecule has 0 saturated heterocycles. The Balaban J connectivity index is 3.67. The fourth-order valence-electron chi connectivity index (χ4n) is 0.567. The van der Waals surface area contributed by atoms with E-state index in [0.29, 0.717) is 6.54 Å². The van der Waals surface area contributed by atoms with Crippen molar-refractivity contribution in [2.75, 3.05) is 6.54 Å². The highest BCUT2D eigenvalue weighted by molar-refractivity contribution is 5.15. The van der Waals surface area contributed by atoms with Gasteiger partial charge in [0.05, 0.1) is 0 Å². The van der Waals surface area contributed by atoms with Crippen molar-refractivity contribution in [2.45, 2.75) is 20.3 Å². The number of nitrogens with two attached hydrogens (primary N) is 1. The van der Waals surface area contributed by atoms with Crippen molar-refractivity contribution in [1.82, 2.24) is 0 Å². The van der Waals surface area contributed by atoms with Gasteiger partial charge in [-0.15, -0.1) is 0 Å². The van der Waals surface area contributed by atoms with Gasteiger partial charge in [-0.25, -0.2) is 0 Å². The maximum absolute atomic E-state index is 5.39. The molecule has 11 heavy (non-hydrogen) atoms. The number of allylic oxidation sites excluding steroid dienone is 5. The Hall–Kier alpha value is -0.820. The molecule has 0 aromatic rings. The minimum absolute atomic E-state index is 0.641. The summed E-state index contributed by atoms with van der Waals surface area (Å²) in [6.07, 6.45) is 11.3. The van der Waals surface area contributed by atoms with Gasteiger partial charge in [-0.1, -0.05) is 42.9 Å². The Kier molecular flexibility index (Phi) is 6.75. The van der Waals surface area contributed by atoms with Gasteiger partial charge >= 0.3 is 0 Å². The van der Waals surface area contributed by atoms with Gasteiger partial charge in [0, 0.05) is 6.54 Å². The second kappa shape index (κ2) is 7.29. The maximum Gasteiger partial charge on any atom is 0.0137 e. The summed E-state index contributed by atoms with van der Waals surface area (Å²) in [6, 6.07) is 0. The van der Waals surface area contributed by atoms with Crippen molar-refractivity contribution in [3.63, 3.8) is 0 Å². The van der Waals surface area contributed by atoms with Gasteiger partial charge in [-0.3, -0.25) is 0 Å². The van der Waals surface area contributed by atoms with E-state index in [4.69, 9.17) is 5.73 Å². The molecule has 0 heterocycles. The molecule has 0 aliphatic heterocycles. The first-order valence-electron chi connectivity index (χ1n) is 4.00. The highest BCUT2D eigenvalue weighted by atomic mass is 14.5. The van der Waals surface area contributed by atoms with Crippen LogP contribution in [0.5, 0.6) is 0 Å². The SMILES string of the molecule is CC/C=C/C=C\C=C(/C)CN. The zero-order valence-electron chi connectivity index (χ0n) is 7.38. The summed E-state index contributed by atoms with van der Waals surface area (Å²) in [4.78, 5) is 0. The maximum atomic E-state index is 5.39. The zero-order chi connectivity index (χ0) is 8.53. The van der Waals surface area contributed by atoms with Gasteiger partial charge in [0.1, 0.15) is 0 Å². The lowest BCUT2D eigenvalue weighted by molar-refractivity contribution is 1.14. The minimum atomic E-state index is 0.641. The summed E-state index contributed by atoms with van der Waals surface area (Å²) in [7, 11) is 0. The van der Waals surface area contributed by atoms with Crippen molar-refractivity contribution in [3.8, 4) is 0 Å². The molecule has 0 rings (SSSR count). The van der Waals surface area contributed by atoms with Gasteiger partial charge in [0.15, 0.2) is 0 Å². The molecule has 0 amide bonds. The molecule has 1 heteroatoms. The fourth-order valence-corrected chi connectivity index (χ4v) is 0.567. The topological polar surface area (TPSA) is 26.0 Å². The Morgan fingerprint density at radius 3 is 2.55 bits per heavy atom. The van der Waals surface area contributed by atoms with Crippen LogP contribution in [-0.4, -0.2) is 6.54 Å². The van der Waals surface area contributed by atoms with E-state index in [1.807, 2.05) is 31.2 Å². The summed E-state index contributed by atoms with van der Waals surface area (Å²) >= 11 is 0. The van der Waals surface area contributed by atoms with Gasteiger partial charge in [0.25, 0.3) is 0 Å². The molecule has 0 saturated carbocycles. The van der Waals surface area contributed by atoms with Crippen LogP contribution in [0.15, 0.2) is 36.0 Å². The van der Waals surface area contributed by atoms with Crippen LogP contribution in [0.3, 0.4) is 0 Å². The van der Waals surface area contributed by atoms with Gasteiger partial charge in [-0.2, -0.15) is 0 Å². The van der Waals surface area contributed by atoms with Crippen LogP contribution in [0.2, 0.25) is 0 Å². The number of rotatable bonds is 4. The highest BCUT2D eigenvalue weighted by Gasteiger charge is 1.76. The van der Waals surface area contributed by atoms with Crippen molar-refractivity contribution in [2.24, 2.45) is 5.73 Å². The van der Waals surface area contributed by atoms with Crippen molar-refractivity contribution < 1.29 is 0 Å². The largest absolute Gasteiger partial charge is 0.327 e. The normalized spacial score (nSPS) is 13.5. The first-order chi connectivity index (χ1) is 5.31. The molecule has 0 aliphatic rings. The van der Waals surface area contributed by atoms with E-state index in [-0.39, 0.29) is 0 Å². The molecule has 0 aromatic heterocycles. The van der Waals surface area contributed by atoms with Crippen LogP contribution >= 0.6 is 0 Å². The van der Waals surface area contributed by atoms with Crippen molar-refractivity contribution in [3.05, 3.63) is 36.0 Å². The van der Waals surface area contributed by atoms with E-state index in [0.717, 1.165) is 6.42 Å². The Morgan fingerprint density at radius 1 is 1.27 bits per heavy atom. The van der Waals surface area contributed by atoms with E-state index < -0.39 is 0 Å². The van der Waals surface area contributed by atoms with Crippen LogP contribution < -0.4 is 5.73 Å². The smallest absolute Gasteiger partial charge is 0.0137 e. The lowest BCUT2D eigenvalue weighted by Crippen LogP contribution is -1.98. The first-order valence-corrected chi connectivity index (χ1v) is 4.00. The molecular weight excluding hydrogens is 134 g/mol. The van der Waals surface area contributed by atoms with E-state index in [1.54, 1.807) is 0 Å². The quantitative estimate of drug-likeness (QED) is 0.613. The van der Waals surface area contributed by atoms with Crippen LogP contribution in [-0.2, 0) is 0 Å². The molecular formula is C10H17N. The molecule has 0 bridgehead atoms. The molecule has 0 fully saturated rings. The Morgan fingerprint density at radius 2 is 2.00 bits per heavy atom. The summed E-state index contributed by atoms with van der Waals surface area (Å²) in [5.74, 6) is 0. The number of hydrogen-bond donors (Lipinski definition) is 1. The van der Waals surface area contributed by atoms with Gasteiger partial charge in [-0.05, 0) is 13.3 Å². The molecule has 0 aliphatic carbocycles. The zero-order valence-corrected chi connectivity index (χ0v) is 7.38. The second-order valence-electron chi connectivity index (χ2n) is 2.44. The first kappa shape index (κ1) is 10.2. The lowest BCUT2D eigenvalue weighted by atomic mass is 10.2. The van der Waals surface area contributed by atoms with Crippen LogP contribution in [0.1, 0.15) is 20.3 Å². The molecule has 62 valence electrons. The molecule has 0 unspecified atom stereocenters. The van der Waals surface area contributed by atoms with Crippen molar-refractivity contribution >= 4 is 0 Å². The highest BCUT2D eigenvalue weighted by Crippen LogP contribution is 1.89. The third-order valence-corrected chi connectivity index (χ3v) is 1.30. The third kappa shape index (κ3) is 7.07. The number of hydrogen-bond acceptors (Lipinski definition) is 1. The molecule has 0 spiro atoms. The third-order valence-electron chi connectivity index (χ3n) is 1.30. The second-order valence-corrected chi connectivity index (χ2v) is 2.44. The van der Waals surface area contributed by atoms with Crippen LogP contribution in [0.25, 0.3) is 0 Å². The van der Waals surface area contributed by atoms with E-state index >= 15 is 0 Å². The monoisotopic (exact) mass is 151 g/mol. The summed E-state index contributed by atoms with van der Waals surface area (Å²) in [5, 5.41) is 0. The predicted octanol–water partition coefficient (Wildman–Crippen LogP) is 2.41. The van der Waals surface area contributed by atoms with E-state index in [9.17, 15) is 0 Å². The summed E-state index contributed by atoms with van der Waals surface area (Å²) < 4.78 is 0. The van der Waals surface area contributed by atoms with Gasteiger partial charge in [0.2, 0.25) is 0 Å². The molecule has 0 aromatic carbocycles. The molecule has 0 atom stereocenters. The van der Waals surface area contributed by atoms with Crippen LogP contribution in [0, 0.1) is 0 Å². The standard InChI is InChI=1S/C10H17N/c1-3-4-5-6-7-8-10(2)9-11/h4-8H,3,9,11H2,1-2H3/b5-4+,7-6-,10-8+. The van der Waals surface area contributed by atoms with E-state index in [1.165, 1.54) is 5.57 Å². The van der Waals surface area contributed by atoms with Gasteiger partial charge < -0.3 is 5.73 Å². The van der Waals surface area contributed by atoms with Crippen molar-refractivity contribution in [1.29, 1.82) is 0 Å². The summed E-state index contributed by atoms with van der Waals surface area (Å²) in [5.41, 5.74) is 6.59. The average Bonchev–Trinajstić information content (AvgIpc) is 2.04. The predicted molar refractivity (Wildman–Crippen MR) is 51.4 cm³/mol. The minimum Gasteiger partial charge on any atom is -0.327 e. The lowest BCUT2D eigenvalue weighted by Gasteiger charge is -1.88. The van der Waals surface area contributed by atoms with Crippen LogP contribution in [0.4, 0.5) is 0 Å².